The van der Waals surface area contributed by atoms with E-state index in [1.807, 2.05) is 19.1 Å². The Labute approximate surface area is 195 Å². The van der Waals surface area contributed by atoms with Gasteiger partial charge in [0.25, 0.3) is 0 Å². The maximum absolute atomic E-state index is 13.5. The predicted molar refractivity (Wildman–Crippen MR) is 125 cm³/mol. The largest absolute Gasteiger partial charge is 0.481 e. The third-order valence-electron chi connectivity index (χ3n) is 6.34. The number of halogens is 1. The summed E-state index contributed by atoms with van der Waals surface area (Å²) in [6.07, 6.45) is 5.33. The van der Waals surface area contributed by atoms with Crippen molar-refractivity contribution < 1.29 is 19.4 Å². The summed E-state index contributed by atoms with van der Waals surface area (Å²) in [6, 6.07) is 5.45. The van der Waals surface area contributed by atoms with Gasteiger partial charge in [-0.3, -0.25) is 4.79 Å². The first kappa shape index (κ1) is 23.3. The lowest BCUT2D eigenvalue weighted by molar-refractivity contribution is -0.144. The lowest BCUT2D eigenvalue weighted by Gasteiger charge is -2.35. The Morgan fingerprint density at radius 3 is 2.52 bits per heavy atom. The second-order valence-corrected chi connectivity index (χ2v) is 9.95. The van der Waals surface area contributed by atoms with Crippen molar-refractivity contribution in [3.8, 4) is 10.6 Å². The number of hydrogen-bond donors (Lipinski definition) is 3. The van der Waals surface area contributed by atoms with E-state index >= 15 is 0 Å². The van der Waals surface area contributed by atoms with Gasteiger partial charge in [0, 0.05) is 6.20 Å². The fourth-order valence-corrected chi connectivity index (χ4v) is 5.30. The average Bonchev–Trinajstić information content (AvgIpc) is 3.27. The van der Waals surface area contributed by atoms with Crippen molar-refractivity contribution in [3.63, 3.8) is 0 Å². The monoisotopic (exact) mass is 470 g/mol. The molecule has 9 heteroatoms. The smallest absolute Gasteiger partial charge is 0.306 e. The lowest BCUT2D eigenvalue weighted by Crippen LogP contribution is -2.35. The van der Waals surface area contributed by atoms with Crippen molar-refractivity contribution in [2.24, 2.45) is 11.8 Å². The minimum absolute atomic E-state index is 0.0393. The SMILES string of the molecule is Cc1cc(Nc2cc(C)c(F)cn2)nc(-c2cnc(C(C)(O)C3CCC(C(=O)O)CC3)s2)c1. The van der Waals surface area contributed by atoms with Gasteiger partial charge in [-0.15, -0.1) is 11.3 Å². The van der Waals surface area contributed by atoms with Crippen LogP contribution in [-0.2, 0) is 10.4 Å². The highest BCUT2D eigenvalue weighted by molar-refractivity contribution is 7.15. The number of rotatable bonds is 6. The maximum Gasteiger partial charge on any atom is 0.306 e. The van der Waals surface area contributed by atoms with Gasteiger partial charge in [-0.05, 0) is 81.7 Å². The molecule has 7 nitrogen and oxygen atoms in total. The molecule has 0 spiro atoms. The van der Waals surface area contributed by atoms with E-state index in [9.17, 15) is 19.4 Å². The second-order valence-electron chi connectivity index (χ2n) is 8.92. The van der Waals surface area contributed by atoms with Gasteiger partial charge < -0.3 is 15.5 Å². The number of carbonyl (C=O) groups is 1. The van der Waals surface area contributed by atoms with Crippen LogP contribution in [0.25, 0.3) is 10.6 Å². The van der Waals surface area contributed by atoms with Crippen LogP contribution in [-0.4, -0.2) is 31.1 Å². The molecule has 3 N–H and O–H groups in total. The Morgan fingerprint density at radius 1 is 1.12 bits per heavy atom. The number of thiazole rings is 1. The Hall–Kier alpha value is -2.91. The van der Waals surface area contributed by atoms with Crippen LogP contribution in [0.2, 0.25) is 0 Å². The first-order chi connectivity index (χ1) is 15.6. The fraction of sp³-hybridized carbons (Fsp3) is 0.417. The number of hydrogen-bond acceptors (Lipinski definition) is 7. The third-order valence-corrected chi connectivity index (χ3v) is 7.58. The Morgan fingerprint density at radius 2 is 1.85 bits per heavy atom. The molecule has 0 aromatic carbocycles. The van der Waals surface area contributed by atoms with Crippen LogP contribution >= 0.6 is 11.3 Å². The van der Waals surface area contributed by atoms with E-state index in [1.54, 1.807) is 26.1 Å². The van der Waals surface area contributed by atoms with Crippen LogP contribution in [0.3, 0.4) is 0 Å². The van der Waals surface area contributed by atoms with E-state index in [0.29, 0.717) is 53.6 Å². The predicted octanol–water partition coefficient (Wildman–Crippen LogP) is 5.20. The molecule has 1 aliphatic rings. The molecule has 0 saturated heterocycles. The second kappa shape index (κ2) is 9.15. The van der Waals surface area contributed by atoms with E-state index in [0.717, 1.165) is 10.4 Å². The van der Waals surface area contributed by atoms with Crippen LogP contribution in [0, 0.1) is 31.5 Å². The number of aliphatic carboxylic acids is 1. The molecule has 0 bridgehead atoms. The number of nitrogens with one attached hydrogen (secondary N) is 1. The van der Waals surface area contributed by atoms with Crippen LogP contribution < -0.4 is 5.32 Å². The minimum atomic E-state index is -1.13. The highest BCUT2D eigenvalue weighted by Crippen LogP contribution is 2.43. The number of pyridine rings is 2. The molecule has 33 heavy (non-hydrogen) atoms. The van der Waals surface area contributed by atoms with Crippen molar-refractivity contribution >= 4 is 28.9 Å². The zero-order valence-corrected chi connectivity index (χ0v) is 19.6. The zero-order valence-electron chi connectivity index (χ0n) is 18.8. The Bertz CT molecular complexity index is 1170. The molecule has 0 amide bonds. The number of aliphatic hydroxyl groups is 1. The molecule has 3 heterocycles. The average molecular weight is 471 g/mol. The van der Waals surface area contributed by atoms with E-state index < -0.39 is 11.6 Å². The standard InChI is InChI=1S/C24H27FN4O3S/c1-13-8-18(28-21(9-13)29-20-10-14(2)17(25)11-26-20)19-12-27-23(33-19)24(3,32)16-6-4-15(5-7-16)22(30)31/h8-12,15-16,32H,4-7H2,1-3H3,(H,30,31)(H,26,28,29). The summed E-state index contributed by atoms with van der Waals surface area (Å²) in [5, 5.41) is 24.2. The van der Waals surface area contributed by atoms with Gasteiger partial charge in [-0.2, -0.15) is 0 Å². The summed E-state index contributed by atoms with van der Waals surface area (Å²) < 4.78 is 13.5. The molecule has 0 aliphatic heterocycles. The highest BCUT2D eigenvalue weighted by Gasteiger charge is 2.40. The Kier molecular flexibility index (Phi) is 6.45. The van der Waals surface area contributed by atoms with Crippen LogP contribution in [0.5, 0.6) is 0 Å². The number of carboxylic acid groups (broad SMARTS) is 1. The number of carboxylic acids is 1. The highest BCUT2D eigenvalue weighted by atomic mass is 32.1. The molecule has 1 unspecified atom stereocenters. The number of nitrogens with zero attached hydrogens (tertiary/aromatic N) is 3. The van der Waals surface area contributed by atoms with Gasteiger partial charge in [0.05, 0.1) is 22.7 Å². The van der Waals surface area contributed by atoms with Gasteiger partial charge in [0.2, 0.25) is 0 Å². The van der Waals surface area contributed by atoms with Crippen molar-refractivity contribution in [3.05, 3.63) is 52.5 Å². The minimum Gasteiger partial charge on any atom is -0.481 e. The number of anilines is 2. The molecule has 1 saturated carbocycles. The van der Waals surface area contributed by atoms with Gasteiger partial charge in [-0.25, -0.2) is 19.3 Å². The summed E-state index contributed by atoms with van der Waals surface area (Å²) in [5.41, 5.74) is 1.06. The van der Waals surface area contributed by atoms with Crippen LogP contribution in [0.1, 0.15) is 48.7 Å². The van der Waals surface area contributed by atoms with E-state index in [2.05, 4.69) is 20.3 Å². The topological polar surface area (TPSA) is 108 Å². The van der Waals surface area contributed by atoms with E-state index in [1.165, 1.54) is 17.5 Å². The number of aryl methyl sites for hydroxylation is 2. The molecule has 0 radical (unpaired) electrons. The lowest BCUT2D eigenvalue weighted by atomic mass is 9.74. The Balaban J connectivity index is 1.54. The third kappa shape index (κ3) is 5.04. The van der Waals surface area contributed by atoms with Gasteiger partial charge >= 0.3 is 5.97 Å². The van der Waals surface area contributed by atoms with Crippen LogP contribution in [0.15, 0.2) is 30.6 Å². The molecule has 3 aromatic rings. The normalized spacial score (nSPS) is 20.3. The summed E-state index contributed by atoms with van der Waals surface area (Å²) in [4.78, 5) is 25.3. The molecular weight excluding hydrogens is 443 g/mol. The van der Waals surface area contributed by atoms with Gasteiger partial charge in [0.15, 0.2) is 0 Å². The van der Waals surface area contributed by atoms with E-state index in [4.69, 9.17) is 0 Å². The van der Waals surface area contributed by atoms with Crippen molar-refractivity contribution in [1.29, 1.82) is 0 Å². The summed E-state index contributed by atoms with van der Waals surface area (Å²) >= 11 is 1.39. The molecule has 1 atom stereocenters. The molecule has 1 aliphatic carbocycles. The summed E-state index contributed by atoms with van der Waals surface area (Å²) in [5.74, 6) is -0.405. The first-order valence-electron chi connectivity index (χ1n) is 10.9. The van der Waals surface area contributed by atoms with Crippen molar-refractivity contribution in [1.82, 2.24) is 15.0 Å². The molecular formula is C24H27FN4O3S. The molecule has 174 valence electrons. The van der Waals surface area contributed by atoms with Crippen LogP contribution in [0.4, 0.5) is 16.0 Å². The van der Waals surface area contributed by atoms with Gasteiger partial charge in [0.1, 0.15) is 28.1 Å². The first-order valence-corrected chi connectivity index (χ1v) is 11.7. The van der Waals surface area contributed by atoms with E-state index in [-0.39, 0.29) is 17.7 Å². The molecule has 4 rings (SSSR count). The van der Waals surface area contributed by atoms with Crippen molar-refractivity contribution in [2.45, 2.75) is 52.1 Å². The maximum atomic E-state index is 13.5. The quantitative estimate of drug-likeness (QED) is 0.454. The summed E-state index contributed by atoms with van der Waals surface area (Å²) in [6.45, 7) is 5.40. The summed E-state index contributed by atoms with van der Waals surface area (Å²) in [7, 11) is 0. The van der Waals surface area contributed by atoms with Gasteiger partial charge in [-0.1, -0.05) is 0 Å². The zero-order chi connectivity index (χ0) is 23.8. The number of aromatic nitrogens is 3. The fourth-order valence-electron chi connectivity index (χ4n) is 4.30. The molecule has 3 aromatic heterocycles. The molecule has 1 fully saturated rings. The van der Waals surface area contributed by atoms with Crippen molar-refractivity contribution in [2.75, 3.05) is 5.32 Å².